The average Bonchev–Trinajstić information content (AvgIpc) is 2.79. The van der Waals surface area contributed by atoms with Gasteiger partial charge < -0.3 is 29.6 Å². The lowest BCUT2D eigenvalue weighted by Gasteiger charge is -2.26. The van der Waals surface area contributed by atoms with Crippen molar-refractivity contribution in [3.8, 4) is 17.2 Å². The minimum absolute atomic E-state index is 0.206. The van der Waals surface area contributed by atoms with E-state index in [0.717, 1.165) is 0 Å². The van der Waals surface area contributed by atoms with Crippen LogP contribution in [0.25, 0.3) is 0 Å². The van der Waals surface area contributed by atoms with Crippen LogP contribution in [0.2, 0.25) is 0 Å². The van der Waals surface area contributed by atoms with Gasteiger partial charge in [0.25, 0.3) is 11.8 Å². The molecule has 0 fully saturated rings. The molecule has 1 atom stereocenters. The van der Waals surface area contributed by atoms with Crippen molar-refractivity contribution in [1.82, 2.24) is 10.6 Å². The van der Waals surface area contributed by atoms with Crippen LogP contribution in [-0.2, 0) is 14.3 Å². The number of methoxy groups -OCH3 is 1. The molecule has 9 heteroatoms. The Morgan fingerprint density at radius 2 is 1.87 bits per heavy atom. The van der Waals surface area contributed by atoms with Gasteiger partial charge in [-0.15, -0.1) is 0 Å². The number of carbonyl (C=O) groups is 3. The molecule has 3 rings (SSSR count). The molecule has 0 unspecified atom stereocenters. The third-order valence-electron chi connectivity index (χ3n) is 4.18. The molecule has 2 N–H and O–H groups in total. The molecule has 2 aromatic rings. The van der Waals surface area contributed by atoms with Crippen LogP contribution in [-0.4, -0.2) is 57.3 Å². The molecule has 0 aliphatic carbocycles. The number of amides is 2. The van der Waals surface area contributed by atoms with E-state index in [4.69, 9.17) is 18.9 Å². The molecule has 158 valence electrons. The maximum Gasteiger partial charge on any atom is 0.325 e. The van der Waals surface area contributed by atoms with Gasteiger partial charge in [-0.25, -0.2) is 0 Å². The van der Waals surface area contributed by atoms with Gasteiger partial charge in [0, 0.05) is 5.56 Å². The Bertz CT molecular complexity index is 916. The summed E-state index contributed by atoms with van der Waals surface area (Å²) < 4.78 is 21.2. The van der Waals surface area contributed by atoms with Crippen LogP contribution < -0.4 is 24.8 Å². The fraction of sp³-hybridized carbons (Fsp3) is 0.286. The molecule has 0 aromatic heterocycles. The lowest BCUT2D eigenvalue weighted by atomic mass is 10.2. The highest BCUT2D eigenvalue weighted by molar-refractivity contribution is 5.96. The van der Waals surface area contributed by atoms with E-state index in [1.54, 1.807) is 36.4 Å². The number of hydrogen-bond donors (Lipinski definition) is 2. The number of nitrogens with one attached hydrogen (secondary N) is 2. The third-order valence-corrected chi connectivity index (χ3v) is 4.18. The van der Waals surface area contributed by atoms with E-state index >= 15 is 0 Å². The van der Waals surface area contributed by atoms with Crippen molar-refractivity contribution in [2.45, 2.75) is 6.10 Å². The molecule has 1 aliphatic rings. The number of benzene rings is 2. The summed E-state index contributed by atoms with van der Waals surface area (Å²) in [6.45, 7) is -0.317. The first kappa shape index (κ1) is 21.0. The SMILES string of the molecule is COc1cccc(C(=O)NCC(=O)OCC(=O)NC[C@@H]2COc3ccccc3O2)c1. The van der Waals surface area contributed by atoms with Gasteiger partial charge in [-0.3, -0.25) is 14.4 Å². The minimum Gasteiger partial charge on any atom is -0.497 e. The molecule has 2 amide bonds. The average molecular weight is 414 g/mol. The Hall–Kier alpha value is -3.75. The predicted octanol–water partition coefficient (Wildman–Crippen LogP) is 0.924. The Labute approximate surface area is 173 Å². The molecule has 0 saturated heterocycles. The first-order valence-electron chi connectivity index (χ1n) is 9.28. The molecule has 0 bridgehead atoms. The van der Waals surface area contributed by atoms with Crippen LogP contribution in [0, 0.1) is 0 Å². The molecule has 2 aromatic carbocycles. The zero-order chi connectivity index (χ0) is 21.3. The molecule has 0 spiro atoms. The summed E-state index contributed by atoms with van der Waals surface area (Å²) >= 11 is 0. The van der Waals surface area contributed by atoms with Crippen LogP contribution in [0.3, 0.4) is 0 Å². The number of carbonyl (C=O) groups excluding carboxylic acids is 3. The van der Waals surface area contributed by atoms with E-state index in [1.165, 1.54) is 7.11 Å². The topological polar surface area (TPSA) is 112 Å². The van der Waals surface area contributed by atoms with Crippen LogP contribution in [0.15, 0.2) is 48.5 Å². The second kappa shape index (κ2) is 10.1. The summed E-state index contributed by atoms with van der Waals surface area (Å²) in [6, 6.07) is 13.8. The van der Waals surface area contributed by atoms with Gasteiger partial charge in [0.2, 0.25) is 0 Å². The van der Waals surface area contributed by atoms with Crippen molar-refractivity contribution in [3.63, 3.8) is 0 Å². The van der Waals surface area contributed by atoms with Gasteiger partial charge >= 0.3 is 5.97 Å². The van der Waals surface area contributed by atoms with Crippen molar-refractivity contribution in [2.24, 2.45) is 0 Å². The van der Waals surface area contributed by atoms with E-state index in [0.29, 0.717) is 29.4 Å². The van der Waals surface area contributed by atoms with Crippen molar-refractivity contribution >= 4 is 17.8 Å². The molecular formula is C21H22N2O7. The second-order valence-corrected chi connectivity index (χ2v) is 6.38. The maximum absolute atomic E-state index is 12.0. The summed E-state index contributed by atoms with van der Waals surface area (Å²) in [5, 5.41) is 5.05. The first-order chi connectivity index (χ1) is 14.5. The summed E-state index contributed by atoms with van der Waals surface area (Å²) in [6.07, 6.45) is -0.346. The summed E-state index contributed by atoms with van der Waals surface area (Å²) in [4.78, 5) is 35.7. The number of para-hydroxylation sites is 2. The number of fused-ring (bicyclic) bond motifs is 1. The lowest BCUT2D eigenvalue weighted by Crippen LogP contribution is -2.42. The normalized spacial score (nSPS) is 14.4. The number of rotatable bonds is 8. The molecule has 0 radical (unpaired) electrons. The highest BCUT2D eigenvalue weighted by Gasteiger charge is 2.21. The Balaban J connectivity index is 1.33. The highest BCUT2D eigenvalue weighted by Crippen LogP contribution is 2.30. The summed E-state index contributed by atoms with van der Waals surface area (Å²) in [5.41, 5.74) is 0.344. The van der Waals surface area contributed by atoms with E-state index < -0.39 is 24.4 Å². The van der Waals surface area contributed by atoms with E-state index in [9.17, 15) is 14.4 Å². The summed E-state index contributed by atoms with van der Waals surface area (Å²) in [5.74, 6) is 0.131. The van der Waals surface area contributed by atoms with Gasteiger partial charge in [-0.2, -0.15) is 0 Å². The van der Waals surface area contributed by atoms with E-state index in [1.807, 2.05) is 12.1 Å². The number of ether oxygens (including phenoxy) is 4. The maximum atomic E-state index is 12.0. The summed E-state index contributed by atoms with van der Waals surface area (Å²) in [7, 11) is 1.49. The predicted molar refractivity (Wildman–Crippen MR) is 106 cm³/mol. The second-order valence-electron chi connectivity index (χ2n) is 6.38. The number of esters is 1. The fourth-order valence-electron chi connectivity index (χ4n) is 2.66. The monoisotopic (exact) mass is 414 g/mol. The quantitative estimate of drug-likeness (QED) is 0.618. The van der Waals surface area contributed by atoms with Crippen LogP contribution in [0.5, 0.6) is 17.2 Å². The van der Waals surface area contributed by atoms with Crippen molar-refractivity contribution in [1.29, 1.82) is 0 Å². The van der Waals surface area contributed by atoms with Crippen LogP contribution in [0.1, 0.15) is 10.4 Å². The van der Waals surface area contributed by atoms with E-state index in [2.05, 4.69) is 10.6 Å². The fourth-order valence-corrected chi connectivity index (χ4v) is 2.66. The molecule has 0 saturated carbocycles. The van der Waals surface area contributed by atoms with Gasteiger partial charge in [-0.05, 0) is 30.3 Å². The molecule has 30 heavy (non-hydrogen) atoms. The Morgan fingerprint density at radius 3 is 2.67 bits per heavy atom. The molecule has 1 aliphatic heterocycles. The Morgan fingerprint density at radius 1 is 1.07 bits per heavy atom. The number of hydrogen-bond acceptors (Lipinski definition) is 7. The van der Waals surface area contributed by atoms with Gasteiger partial charge in [0.1, 0.15) is 25.0 Å². The van der Waals surface area contributed by atoms with E-state index in [-0.39, 0.29) is 19.2 Å². The first-order valence-corrected chi connectivity index (χ1v) is 9.28. The van der Waals surface area contributed by atoms with Crippen LogP contribution >= 0.6 is 0 Å². The lowest BCUT2D eigenvalue weighted by molar-refractivity contribution is -0.147. The van der Waals surface area contributed by atoms with Crippen molar-refractivity contribution < 1.29 is 33.3 Å². The molecule has 1 heterocycles. The minimum atomic E-state index is -0.729. The standard InChI is InChI=1S/C21H22N2O7/c1-27-15-6-4-5-14(9-15)21(26)23-11-20(25)29-13-19(24)22-10-16-12-28-17-7-2-3-8-18(17)30-16/h2-9,16H,10-13H2,1H3,(H,22,24)(H,23,26)/t16-/m1/s1. The largest absolute Gasteiger partial charge is 0.497 e. The zero-order valence-electron chi connectivity index (χ0n) is 16.4. The zero-order valence-corrected chi connectivity index (χ0v) is 16.4. The van der Waals surface area contributed by atoms with Gasteiger partial charge in [-0.1, -0.05) is 18.2 Å². The van der Waals surface area contributed by atoms with Crippen molar-refractivity contribution in [2.75, 3.05) is 33.4 Å². The van der Waals surface area contributed by atoms with Gasteiger partial charge in [0.05, 0.1) is 13.7 Å². The molecular weight excluding hydrogens is 392 g/mol. The third kappa shape index (κ3) is 5.87. The molecule has 9 nitrogen and oxygen atoms in total. The van der Waals surface area contributed by atoms with Crippen LogP contribution in [0.4, 0.5) is 0 Å². The highest BCUT2D eigenvalue weighted by atomic mass is 16.6. The van der Waals surface area contributed by atoms with Crippen molar-refractivity contribution in [3.05, 3.63) is 54.1 Å². The smallest absolute Gasteiger partial charge is 0.325 e. The van der Waals surface area contributed by atoms with Gasteiger partial charge in [0.15, 0.2) is 18.1 Å². The Kier molecular flexibility index (Phi) is 7.09.